The van der Waals surface area contributed by atoms with Gasteiger partial charge in [0.1, 0.15) is 0 Å². The van der Waals surface area contributed by atoms with Crippen LogP contribution in [0.1, 0.15) is 32.4 Å². The number of hydrogen-bond acceptors (Lipinski definition) is 5. The Morgan fingerprint density at radius 2 is 2.43 bits per heavy atom. The minimum atomic E-state index is 0.0995. The zero-order valence-corrected chi connectivity index (χ0v) is 13.9. The van der Waals surface area contributed by atoms with Gasteiger partial charge in [-0.25, -0.2) is 4.98 Å². The van der Waals surface area contributed by atoms with Crippen LogP contribution in [0, 0.1) is 0 Å². The van der Waals surface area contributed by atoms with Crippen molar-refractivity contribution in [3.8, 4) is 10.8 Å². The minimum absolute atomic E-state index is 0.0995. The first-order valence-electron chi connectivity index (χ1n) is 7.04. The van der Waals surface area contributed by atoms with Gasteiger partial charge in [-0.1, -0.05) is 13.3 Å². The molecule has 0 bridgehead atoms. The molecular weight excluding hydrogens is 304 g/mol. The summed E-state index contributed by atoms with van der Waals surface area (Å²) >= 11 is 3.15. The van der Waals surface area contributed by atoms with E-state index in [0.717, 1.165) is 35.1 Å². The molecule has 1 atom stereocenters. The number of carbonyl (C=O) groups is 1. The fourth-order valence-corrected chi connectivity index (χ4v) is 3.58. The van der Waals surface area contributed by atoms with Crippen LogP contribution in [0.25, 0.3) is 10.8 Å². The maximum absolute atomic E-state index is 11.7. The molecule has 0 saturated heterocycles. The number of furan rings is 1. The molecule has 2 aromatic rings. The van der Waals surface area contributed by atoms with Crippen LogP contribution in [0.5, 0.6) is 0 Å². The molecule has 0 saturated carbocycles. The average molecular weight is 324 g/mol. The Morgan fingerprint density at radius 3 is 3.14 bits per heavy atom. The zero-order valence-electron chi connectivity index (χ0n) is 12.3. The van der Waals surface area contributed by atoms with E-state index in [-0.39, 0.29) is 11.9 Å². The molecule has 0 spiro atoms. The van der Waals surface area contributed by atoms with Gasteiger partial charge in [0.15, 0.2) is 10.8 Å². The summed E-state index contributed by atoms with van der Waals surface area (Å²) in [7, 11) is 0. The van der Waals surface area contributed by atoms with Crippen LogP contribution in [0.4, 0.5) is 0 Å². The molecule has 0 radical (unpaired) electrons. The summed E-state index contributed by atoms with van der Waals surface area (Å²) in [4.78, 5) is 16.3. The monoisotopic (exact) mass is 324 g/mol. The molecule has 2 rings (SSSR count). The van der Waals surface area contributed by atoms with Crippen LogP contribution in [-0.4, -0.2) is 22.7 Å². The number of aromatic nitrogens is 1. The predicted molar refractivity (Wildman–Crippen MR) is 88.5 cm³/mol. The Balaban J connectivity index is 1.73. The van der Waals surface area contributed by atoms with Crippen molar-refractivity contribution in [1.82, 2.24) is 10.3 Å². The summed E-state index contributed by atoms with van der Waals surface area (Å²) in [6.07, 6.45) is 3.75. The van der Waals surface area contributed by atoms with Gasteiger partial charge in [0, 0.05) is 17.2 Å². The number of hydrogen-bond donors (Lipinski definition) is 1. The van der Waals surface area contributed by atoms with Gasteiger partial charge < -0.3 is 9.73 Å². The number of rotatable bonds is 8. The summed E-state index contributed by atoms with van der Waals surface area (Å²) in [5.74, 6) is 2.11. The second-order valence-electron chi connectivity index (χ2n) is 4.87. The Hall–Kier alpha value is -1.27. The van der Waals surface area contributed by atoms with Crippen molar-refractivity contribution in [2.45, 2.75) is 38.5 Å². The summed E-state index contributed by atoms with van der Waals surface area (Å²) < 4.78 is 5.32. The second-order valence-corrected chi connectivity index (χ2v) is 6.72. The van der Waals surface area contributed by atoms with Crippen LogP contribution in [-0.2, 0) is 10.5 Å². The number of thiazole rings is 1. The van der Waals surface area contributed by atoms with Crippen molar-refractivity contribution < 1.29 is 9.21 Å². The highest BCUT2D eigenvalue weighted by Gasteiger charge is 2.09. The molecule has 114 valence electrons. The van der Waals surface area contributed by atoms with Crippen LogP contribution in [0.2, 0.25) is 0 Å². The third kappa shape index (κ3) is 5.21. The molecule has 21 heavy (non-hydrogen) atoms. The summed E-state index contributed by atoms with van der Waals surface area (Å²) in [6, 6.07) is 4.01. The second kappa shape index (κ2) is 8.24. The van der Waals surface area contributed by atoms with E-state index < -0.39 is 0 Å². The molecule has 0 aliphatic carbocycles. The van der Waals surface area contributed by atoms with Gasteiger partial charge in [-0.15, -0.1) is 23.1 Å². The van der Waals surface area contributed by atoms with Crippen molar-refractivity contribution in [2.75, 3.05) is 5.75 Å². The number of nitrogens with one attached hydrogen (secondary N) is 1. The Morgan fingerprint density at radius 1 is 1.57 bits per heavy atom. The number of thioether (sulfide) groups is 1. The van der Waals surface area contributed by atoms with Crippen molar-refractivity contribution in [3.63, 3.8) is 0 Å². The molecule has 1 N–H and O–H groups in total. The molecule has 6 heteroatoms. The van der Waals surface area contributed by atoms with E-state index in [1.54, 1.807) is 29.4 Å². The lowest BCUT2D eigenvalue weighted by atomic mass is 10.2. The van der Waals surface area contributed by atoms with Gasteiger partial charge >= 0.3 is 0 Å². The lowest BCUT2D eigenvalue weighted by molar-refractivity contribution is -0.119. The molecule has 2 heterocycles. The number of carbonyl (C=O) groups excluding carboxylic acids is 1. The average Bonchev–Trinajstić information content (AvgIpc) is 3.09. The van der Waals surface area contributed by atoms with E-state index in [0.29, 0.717) is 5.75 Å². The predicted octanol–water partition coefficient (Wildman–Crippen LogP) is 3.94. The summed E-state index contributed by atoms with van der Waals surface area (Å²) in [6.45, 7) is 4.17. The Labute approximate surface area is 133 Å². The highest BCUT2D eigenvalue weighted by atomic mass is 32.2. The Bertz CT molecular complexity index is 552. The van der Waals surface area contributed by atoms with Crippen LogP contribution >= 0.6 is 23.1 Å². The van der Waals surface area contributed by atoms with E-state index in [9.17, 15) is 4.79 Å². The molecule has 0 aliphatic rings. The number of amides is 1. The van der Waals surface area contributed by atoms with Gasteiger partial charge in [-0.2, -0.15) is 0 Å². The number of nitrogens with zero attached hydrogens (tertiary/aromatic N) is 1. The topological polar surface area (TPSA) is 55.1 Å². The maximum atomic E-state index is 11.7. The molecule has 0 aliphatic heterocycles. The third-order valence-electron chi connectivity index (χ3n) is 2.90. The van der Waals surface area contributed by atoms with Gasteiger partial charge in [-0.3, -0.25) is 4.79 Å². The first kappa shape index (κ1) is 16.1. The highest BCUT2D eigenvalue weighted by Crippen LogP contribution is 2.25. The summed E-state index contributed by atoms with van der Waals surface area (Å²) in [5.41, 5.74) is 0.991. The van der Waals surface area contributed by atoms with E-state index >= 15 is 0 Å². The van der Waals surface area contributed by atoms with Crippen molar-refractivity contribution in [3.05, 3.63) is 29.5 Å². The lowest BCUT2D eigenvalue weighted by Gasteiger charge is -2.12. The standard InChI is InChI=1S/C15H20N2O2S2/c1-3-5-11(2)16-14(18)10-20-8-12-9-21-15(17-12)13-6-4-7-19-13/h4,6-7,9,11H,3,5,8,10H2,1-2H3,(H,16,18)/t11-/m0/s1. The van der Waals surface area contributed by atoms with E-state index in [2.05, 4.69) is 17.2 Å². The van der Waals surface area contributed by atoms with Crippen molar-refractivity contribution >= 4 is 29.0 Å². The maximum Gasteiger partial charge on any atom is 0.230 e. The summed E-state index contributed by atoms with van der Waals surface area (Å²) in [5, 5.41) is 5.90. The first-order chi connectivity index (χ1) is 10.2. The Kier molecular flexibility index (Phi) is 6.32. The zero-order chi connectivity index (χ0) is 15.1. The minimum Gasteiger partial charge on any atom is -0.462 e. The fourth-order valence-electron chi connectivity index (χ4n) is 1.96. The molecular formula is C15H20N2O2S2. The van der Waals surface area contributed by atoms with Gasteiger partial charge in [-0.05, 0) is 25.5 Å². The smallest absolute Gasteiger partial charge is 0.230 e. The van der Waals surface area contributed by atoms with Crippen molar-refractivity contribution in [1.29, 1.82) is 0 Å². The molecule has 1 amide bonds. The third-order valence-corrected chi connectivity index (χ3v) is 4.77. The van der Waals surface area contributed by atoms with Gasteiger partial charge in [0.2, 0.25) is 5.91 Å². The van der Waals surface area contributed by atoms with E-state index in [1.807, 2.05) is 24.4 Å². The SMILES string of the molecule is CCC[C@H](C)NC(=O)CSCc1csc(-c2ccco2)n1. The fraction of sp³-hybridized carbons (Fsp3) is 0.467. The van der Waals surface area contributed by atoms with Crippen LogP contribution in [0.15, 0.2) is 28.2 Å². The molecule has 0 unspecified atom stereocenters. The molecule has 4 nitrogen and oxygen atoms in total. The quantitative estimate of drug-likeness (QED) is 0.799. The van der Waals surface area contributed by atoms with Crippen LogP contribution < -0.4 is 5.32 Å². The largest absolute Gasteiger partial charge is 0.462 e. The first-order valence-corrected chi connectivity index (χ1v) is 9.08. The van der Waals surface area contributed by atoms with E-state index in [4.69, 9.17) is 4.42 Å². The molecule has 2 aromatic heterocycles. The van der Waals surface area contributed by atoms with Gasteiger partial charge in [0.05, 0.1) is 17.7 Å². The lowest BCUT2D eigenvalue weighted by Crippen LogP contribution is -2.33. The van der Waals surface area contributed by atoms with Gasteiger partial charge in [0.25, 0.3) is 0 Å². The van der Waals surface area contributed by atoms with E-state index in [1.165, 1.54) is 0 Å². The van der Waals surface area contributed by atoms with Crippen molar-refractivity contribution in [2.24, 2.45) is 0 Å². The molecule has 0 aromatic carbocycles. The van der Waals surface area contributed by atoms with Crippen LogP contribution in [0.3, 0.4) is 0 Å². The highest BCUT2D eigenvalue weighted by molar-refractivity contribution is 7.99. The molecule has 0 fully saturated rings. The normalized spacial score (nSPS) is 12.3.